The fraction of sp³-hybridized carbons (Fsp3) is 0.650. The third-order valence-corrected chi connectivity index (χ3v) is 5.36. The molecule has 1 aromatic heterocycles. The molecule has 1 saturated heterocycles. The molecule has 2 heterocycles. The van der Waals surface area contributed by atoms with Crippen LogP contribution < -0.4 is 4.90 Å². The van der Waals surface area contributed by atoms with Crippen molar-refractivity contribution in [1.29, 1.82) is 5.26 Å². The molecule has 0 spiro atoms. The van der Waals surface area contributed by atoms with Gasteiger partial charge in [-0.05, 0) is 50.7 Å². The van der Waals surface area contributed by atoms with Crippen molar-refractivity contribution in [3.8, 4) is 6.07 Å². The summed E-state index contributed by atoms with van der Waals surface area (Å²) < 4.78 is 5.83. The Balaban J connectivity index is 1.47. The zero-order valence-corrected chi connectivity index (χ0v) is 14.8. The quantitative estimate of drug-likeness (QED) is 0.782. The van der Waals surface area contributed by atoms with E-state index in [2.05, 4.69) is 16.0 Å². The summed E-state index contributed by atoms with van der Waals surface area (Å²) >= 11 is 0. The SMILES string of the molecule is N#Cc1ccc(N2CCC(C(=O)OC3CCCCCCC3)CC2)nc1. The van der Waals surface area contributed by atoms with E-state index in [1.54, 1.807) is 12.3 Å². The fourth-order valence-corrected chi connectivity index (χ4v) is 3.78. The standard InChI is InChI=1S/C20H27N3O2/c21-14-16-8-9-19(22-15-16)23-12-10-17(11-13-23)20(24)25-18-6-4-2-1-3-5-7-18/h8-9,15,17-18H,1-7,10-13H2. The van der Waals surface area contributed by atoms with Gasteiger partial charge in [0.15, 0.2) is 0 Å². The van der Waals surface area contributed by atoms with Gasteiger partial charge in [-0.15, -0.1) is 0 Å². The van der Waals surface area contributed by atoms with E-state index in [4.69, 9.17) is 10.00 Å². The molecule has 3 rings (SSSR count). The largest absolute Gasteiger partial charge is 0.462 e. The van der Waals surface area contributed by atoms with Crippen LogP contribution in [-0.2, 0) is 9.53 Å². The Labute approximate surface area is 150 Å². The number of rotatable bonds is 3. The van der Waals surface area contributed by atoms with Gasteiger partial charge in [0.1, 0.15) is 18.0 Å². The summed E-state index contributed by atoms with van der Waals surface area (Å²) in [6, 6.07) is 5.75. The third kappa shape index (κ3) is 4.94. The maximum absolute atomic E-state index is 12.5. The molecule has 1 aromatic rings. The Morgan fingerprint density at radius 3 is 2.36 bits per heavy atom. The molecule has 0 aromatic carbocycles. The van der Waals surface area contributed by atoms with Crippen molar-refractivity contribution in [3.63, 3.8) is 0 Å². The predicted molar refractivity (Wildman–Crippen MR) is 96.1 cm³/mol. The van der Waals surface area contributed by atoms with Crippen LogP contribution in [0.4, 0.5) is 5.82 Å². The number of hydrogen-bond acceptors (Lipinski definition) is 5. The Hall–Kier alpha value is -2.09. The Morgan fingerprint density at radius 2 is 1.76 bits per heavy atom. The van der Waals surface area contributed by atoms with Crippen molar-refractivity contribution in [2.24, 2.45) is 5.92 Å². The van der Waals surface area contributed by atoms with Crippen molar-refractivity contribution >= 4 is 11.8 Å². The van der Waals surface area contributed by atoms with Gasteiger partial charge in [0.2, 0.25) is 0 Å². The second kappa shape index (κ2) is 8.84. The Bertz CT molecular complexity index is 592. The lowest BCUT2D eigenvalue weighted by Crippen LogP contribution is -2.38. The number of carbonyl (C=O) groups is 1. The van der Waals surface area contributed by atoms with E-state index in [-0.39, 0.29) is 18.0 Å². The highest BCUT2D eigenvalue weighted by Crippen LogP contribution is 2.25. The fourth-order valence-electron chi connectivity index (χ4n) is 3.78. The number of nitrogens with zero attached hydrogens (tertiary/aromatic N) is 3. The smallest absolute Gasteiger partial charge is 0.309 e. The van der Waals surface area contributed by atoms with Crippen LogP contribution in [0.5, 0.6) is 0 Å². The number of aromatic nitrogens is 1. The summed E-state index contributed by atoms with van der Waals surface area (Å²) in [5.41, 5.74) is 0.571. The predicted octanol–water partition coefficient (Wildman–Crippen LogP) is 3.83. The summed E-state index contributed by atoms with van der Waals surface area (Å²) in [5.74, 6) is 0.893. The van der Waals surface area contributed by atoms with Crippen molar-refractivity contribution < 1.29 is 9.53 Å². The van der Waals surface area contributed by atoms with E-state index >= 15 is 0 Å². The number of carbonyl (C=O) groups excluding carboxylic acids is 1. The molecule has 0 radical (unpaired) electrons. The molecular formula is C20H27N3O2. The molecule has 1 aliphatic heterocycles. The number of anilines is 1. The van der Waals surface area contributed by atoms with Crippen LogP contribution in [-0.4, -0.2) is 30.1 Å². The van der Waals surface area contributed by atoms with E-state index in [0.717, 1.165) is 44.6 Å². The van der Waals surface area contributed by atoms with Crippen LogP contribution in [0.2, 0.25) is 0 Å². The first-order valence-electron chi connectivity index (χ1n) is 9.58. The lowest BCUT2D eigenvalue weighted by atomic mass is 9.95. The number of esters is 1. The zero-order chi connectivity index (χ0) is 17.5. The monoisotopic (exact) mass is 341 g/mol. The molecule has 0 bridgehead atoms. The average molecular weight is 341 g/mol. The van der Waals surface area contributed by atoms with Gasteiger partial charge in [0.25, 0.3) is 0 Å². The summed E-state index contributed by atoms with van der Waals surface area (Å²) in [7, 11) is 0. The average Bonchev–Trinajstić information content (AvgIpc) is 2.64. The molecule has 0 atom stereocenters. The van der Waals surface area contributed by atoms with Gasteiger partial charge in [-0.2, -0.15) is 5.26 Å². The van der Waals surface area contributed by atoms with E-state index in [1.807, 2.05) is 6.07 Å². The third-order valence-electron chi connectivity index (χ3n) is 5.36. The van der Waals surface area contributed by atoms with Gasteiger partial charge in [-0.25, -0.2) is 4.98 Å². The highest BCUT2D eigenvalue weighted by atomic mass is 16.5. The molecule has 25 heavy (non-hydrogen) atoms. The van der Waals surface area contributed by atoms with Crippen LogP contribution in [0, 0.1) is 17.2 Å². The van der Waals surface area contributed by atoms with Crippen LogP contribution in [0.1, 0.15) is 63.4 Å². The number of hydrogen-bond donors (Lipinski definition) is 0. The van der Waals surface area contributed by atoms with Gasteiger partial charge in [-0.3, -0.25) is 4.79 Å². The minimum atomic E-state index is -0.00184. The zero-order valence-electron chi connectivity index (χ0n) is 14.8. The maximum Gasteiger partial charge on any atom is 0.309 e. The van der Waals surface area contributed by atoms with Crippen molar-refractivity contribution in [2.75, 3.05) is 18.0 Å². The van der Waals surface area contributed by atoms with E-state index in [9.17, 15) is 4.79 Å². The number of piperidine rings is 1. The molecule has 2 fully saturated rings. The van der Waals surface area contributed by atoms with Gasteiger partial charge in [-0.1, -0.05) is 19.3 Å². The van der Waals surface area contributed by atoms with Gasteiger partial charge in [0.05, 0.1) is 11.5 Å². The second-order valence-corrected chi connectivity index (χ2v) is 7.18. The molecule has 134 valence electrons. The highest BCUT2D eigenvalue weighted by molar-refractivity contribution is 5.73. The molecular weight excluding hydrogens is 314 g/mol. The topological polar surface area (TPSA) is 66.2 Å². The first-order valence-corrected chi connectivity index (χ1v) is 9.58. The van der Waals surface area contributed by atoms with E-state index < -0.39 is 0 Å². The molecule has 1 aliphatic carbocycles. The Morgan fingerprint density at radius 1 is 1.08 bits per heavy atom. The van der Waals surface area contributed by atoms with Gasteiger partial charge in [0, 0.05) is 19.3 Å². The van der Waals surface area contributed by atoms with Crippen molar-refractivity contribution in [2.45, 2.75) is 63.9 Å². The Kier molecular flexibility index (Phi) is 6.27. The molecule has 0 amide bonds. The second-order valence-electron chi connectivity index (χ2n) is 7.18. The van der Waals surface area contributed by atoms with Gasteiger partial charge >= 0.3 is 5.97 Å². The maximum atomic E-state index is 12.5. The number of pyridine rings is 1. The normalized spacial score (nSPS) is 20.4. The van der Waals surface area contributed by atoms with Crippen LogP contribution in [0.3, 0.4) is 0 Å². The molecule has 5 heteroatoms. The molecule has 0 N–H and O–H groups in total. The first-order chi connectivity index (χ1) is 12.3. The lowest BCUT2D eigenvalue weighted by Gasteiger charge is -2.32. The molecule has 2 aliphatic rings. The number of ether oxygens (including phenoxy) is 1. The van der Waals surface area contributed by atoms with Crippen molar-refractivity contribution in [1.82, 2.24) is 4.98 Å². The summed E-state index contributed by atoms with van der Waals surface area (Å²) in [5, 5.41) is 8.85. The van der Waals surface area contributed by atoms with E-state index in [0.29, 0.717) is 5.56 Å². The highest BCUT2D eigenvalue weighted by Gasteiger charge is 2.28. The summed E-state index contributed by atoms with van der Waals surface area (Å²) in [6.07, 6.45) is 11.6. The van der Waals surface area contributed by atoms with Crippen LogP contribution in [0.15, 0.2) is 18.3 Å². The van der Waals surface area contributed by atoms with Crippen LogP contribution >= 0.6 is 0 Å². The minimum absolute atomic E-state index is 0.00184. The lowest BCUT2D eigenvalue weighted by molar-refractivity contribution is -0.155. The summed E-state index contributed by atoms with van der Waals surface area (Å²) in [6.45, 7) is 1.62. The van der Waals surface area contributed by atoms with Gasteiger partial charge < -0.3 is 9.64 Å². The molecule has 0 unspecified atom stereocenters. The van der Waals surface area contributed by atoms with Crippen LogP contribution in [0.25, 0.3) is 0 Å². The van der Waals surface area contributed by atoms with E-state index in [1.165, 1.54) is 32.1 Å². The minimum Gasteiger partial charge on any atom is -0.462 e. The molecule has 5 nitrogen and oxygen atoms in total. The van der Waals surface area contributed by atoms with Crippen molar-refractivity contribution in [3.05, 3.63) is 23.9 Å². The molecule has 1 saturated carbocycles. The number of nitriles is 1. The summed E-state index contributed by atoms with van der Waals surface area (Å²) in [4.78, 5) is 19.0. The first kappa shape index (κ1) is 17.7.